The zero-order chi connectivity index (χ0) is 9.10. The molecule has 0 saturated heterocycles. The highest BCUT2D eigenvalue weighted by Gasteiger charge is 2.01. The van der Waals surface area contributed by atoms with Crippen LogP contribution in [0.2, 0.25) is 0 Å². The Morgan fingerprint density at radius 3 is 3.15 bits per heavy atom. The molecule has 0 aromatic carbocycles. The molecule has 0 aliphatic heterocycles. The van der Waals surface area contributed by atoms with Gasteiger partial charge in [-0.15, -0.1) is 11.6 Å². The summed E-state index contributed by atoms with van der Waals surface area (Å²) in [6, 6.07) is 3.87. The average Bonchev–Trinajstić information content (AvgIpc) is 2.57. The Kier molecular flexibility index (Phi) is 2.45. The summed E-state index contributed by atoms with van der Waals surface area (Å²) in [5, 5.41) is 0. The molecule has 2 aromatic rings. The molecule has 0 atom stereocenters. The van der Waals surface area contributed by atoms with Gasteiger partial charge in [-0.3, -0.25) is 0 Å². The fraction of sp³-hybridized carbons (Fsp3) is 0.333. The molecule has 0 bridgehead atoms. The number of alkyl halides is 1. The summed E-state index contributed by atoms with van der Waals surface area (Å²) in [5.41, 5.74) is 1.78. The predicted molar refractivity (Wildman–Crippen MR) is 52.9 cm³/mol. The van der Waals surface area contributed by atoms with E-state index < -0.39 is 0 Å². The van der Waals surface area contributed by atoms with Crippen LogP contribution in [0.15, 0.2) is 18.3 Å². The van der Waals surface area contributed by atoms with E-state index in [-0.39, 0.29) is 0 Å². The van der Waals surface area contributed by atoms with Crippen LogP contribution >= 0.6 is 11.6 Å². The number of aromatic amines is 1. The molecular formula is C9H10ClN3. The minimum absolute atomic E-state index is 0.671. The number of rotatable bonds is 3. The highest BCUT2D eigenvalue weighted by Crippen LogP contribution is 2.08. The fourth-order valence-electron chi connectivity index (χ4n) is 1.25. The Balaban J connectivity index is 2.28. The van der Waals surface area contributed by atoms with E-state index in [0.717, 1.165) is 29.8 Å². The second-order valence-electron chi connectivity index (χ2n) is 2.85. The lowest BCUT2D eigenvalue weighted by molar-refractivity contribution is 0.866. The van der Waals surface area contributed by atoms with Crippen LogP contribution in [0, 0.1) is 0 Å². The molecule has 68 valence electrons. The summed E-state index contributed by atoms with van der Waals surface area (Å²) in [5.74, 6) is 1.64. The Morgan fingerprint density at radius 2 is 2.38 bits per heavy atom. The van der Waals surface area contributed by atoms with Gasteiger partial charge in [0.15, 0.2) is 5.65 Å². The number of halogens is 1. The van der Waals surface area contributed by atoms with Crippen molar-refractivity contribution in [2.75, 3.05) is 5.88 Å². The number of fused-ring (bicyclic) bond motifs is 1. The molecule has 1 N–H and O–H groups in total. The van der Waals surface area contributed by atoms with E-state index in [1.165, 1.54) is 0 Å². The van der Waals surface area contributed by atoms with Crippen molar-refractivity contribution in [1.82, 2.24) is 15.0 Å². The maximum Gasteiger partial charge on any atom is 0.177 e. The number of hydrogen-bond acceptors (Lipinski definition) is 2. The Bertz CT molecular complexity index is 363. The van der Waals surface area contributed by atoms with Gasteiger partial charge in [0.25, 0.3) is 0 Å². The molecule has 0 spiro atoms. The normalized spacial score (nSPS) is 10.8. The average molecular weight is 196 g/mol. The summed E-state index contributed by atoms with van der Waals surface area (Å²) in [6.07, 6.45) is 3.58. The molecule has 0 saturated carbocycles. The molecule has 0 aliphatic carbocycles. The maximum absolute atomic E-state index is 5.59. The van der Waals surface area contributed by atoms with Gasteiger partial charge in [0, 0.05) is 18.5 Å². The first kappa shape index (κ1) is 8.51. The Hall–Kier alpha value is -1.09. The predicted octanol–water partition coefficient (Wildman–Crippen LogP) is 2.13. The van der Waals surface area contributed by atoms with E-state index in [2.05, 4.69) is 15.0 Å². The van der Waals surface area contributed by atoms with Crippen LogP contribution < -0.4 is 0 Å². The van der Waals surface area contributed by atoms with Gasteiger partial charge in [0.1, 0.15) is 5.82 Å². The minimum Gasteiger partial charge on any atom is -0.341 e. The molecular weight excluding hydrogens is 186 g/mol. The first-order chi connectivity index (χ1) is 6.40. The van der Waals surface area contributed by atoms with Crippen molar-refractivity contribution >= 4 is 22.8 Å². The van der Waals surface area contributed by atoms with Gasteiger partial charge in [-0.25, -0.2) is 9.97 Å². The zero-order valence-corrected chi connectivity index (χ0v) is 7.88. The summed E-state index contributed by atoms with van der Waals surface area (Å²) in [4.78, 5) is 11.7. The Labute approximate surface area is 81.2 Å². The van der Waals surface area contributed by atoms with Crippen LogP contribution in [0.1, 0.15) is 12.2 Å². The summed E-state index contributed by atoms with van der Waals surface area (Å²) in [7, 11) is 0. The van der Waals surface area contributed by atoms with Crippen molar-refractivity contribution in [3.63, 3.8) is 0 Å². The summed E-state index contributed by atoms with van der Waals surface area (Å²) < 4.78 is 0. The molecule has 0 unspecified atom stereocenters. The third kappa shape index (κ3) is 1.80. The number of aryl methyl sites for hydroxylation is 1. The Morgan fingerprint density at radius 1 is 1.46 bits per heavy atom. The van der Waals surface area contributed by atoms with Gasteiger partial charge >= 0.3 is 0 Å². The number of H-pyrrole nitrogens is 1. The van der Waals surface area contributed by atoms with Crippen LogP contribution in [0.3, 0.4) is 0 Å². The van der Waals surface area contributed by atoms with Crippen LogP contribution in [-0.4, -0.2) is 20.8 Å². The molecule has 4 heteroatoms. The molecule has 0 aliphatic rings. The van der Waals surface area contributed by atoms with Gasteiger partial charge < -0.3 is 4.98 Å². The number of nitrogens with one attached hydrogen (secondary N) is 1. The van der Waals surface area contributed by atoms with Crippen molar-refractivity contribution < 1.29 is 0 Å². The first-order valence-corrected chi connectivity index (χ1v) is 4.79. The quantitative estimate of drug-likeness (QED) is 0.763. The van der Waals surface area contributed by atoms with Crippen molar-refractivity contribution in [2.45, 2.75) is 12.8 Å². The van der Waals surface area contributed by atoms with Crippen molar-refractivity contribution in [3.05, 3.63) is 24.2 Å². The molecule has 2 aromatic heterocycles. The number of hydrogen-bond donors (Lipinski definition) is 1. The largest absolute Gasteiger partial charge is 0.341 e. The van der Waals surface area contributed by atoms with Crippen molar-refractivity contribution in [2.24, 2.45) is 0 Å². The van der Waals surface area contributed by atoms with Gasteiger partial charge in [-0.05, 0) is 18.6 Å². The van der Waals surface area contributed by atoms with Crippen LogP contribution in [0.4, 0.5) is 0 Å². The molecule has 2 rings (SSSR count). The second-order valence-corrected chi connectivity index (χ2v) is 3.23. The van der Waals surface area contributed by atoms with Crippen molar-refractivity contribution in [1.29, 1.82) is 0 Å². The highest BCUT2D eigenvalue weighted by molar-refractivity contribution is 6.17. The van der Waals surface area contributed by atoms with E-state index in [9.17, 15) is 0 Å². The van der Waals surface area contributed by atoms with E-state index >= 15 is 0 Å². The third-order valence-corrected chi connectivity index (χ3v) is 2.12. The minimum atomic E-state index is 0.671. The van der Waals surface area contributed by atoms with E-state index in [0.29, 0.717) is 5.88 Å². The number of nitrogens with zero attached hydrogens (tertiary/aromatic N) is 2. The number of aromatic nitrogens is 3. The number of pyridine rings is 1. The van der Waals surface area contributed by atoms with Gasteiger partial charge in [-0.1, -0.05) is 0 Å². The fourth-order valence-corrected chi connectivity index (χ4v) is 1.38. The molecule has 13 heavy (non-hydrogen) atoms. The van der Waals surface area contributed by atoms with Gasteiger partial charge in [0.2, 0.25) is 0 Å². The monoisotopic (exact) mass is 195 g/mol. The SMILES string of the molecule is ClCCCc1nc2ncccc2[nH]1. The third-order valence-electron chi connectivity index (χ3n) is 1.85. The topological polar surface area (TPSA) is 41.6 Å². The summed E-state index contributed by atoms with van der Waals surface area (Å²) in [6.45, 7) is 0. The van der Waals surface area contributed by atoms with E-state index in [1.807, 2.05) is 12.1 Å². The zero-order valence-electron chi connectivity index (χ0n) is 7.13. The lowest BCUT2D eigenvalue weighted by Gasteiger charge is -1.89. The van der Waals surface area contributed by atoms with Gasteiger partial charge in [0.05, 0.1) is 5.52 Å². The van der Waals surface area contributed by atoms with Crippen molar-refractivity contribution in [3.8, 4) is 0 Å². The molecule has 3 nitrogen and oxygen atoms in total. The molecule has 0 fully saturated rings. The molecule has 0 amide bonds. The van der Waals surface area contributed by atoms with E-state index in [4.69, 9.17) is 11.6 Å². The first-order valence-electron chi connectivity index (χ1n) is 4.26. The van der Waals surface area contributed by atoms with Gasteiger partial charge in [-0.2, -0.15) is 0 Å². The molecule has 0 radical (unpaired) electrons. The smallest absolute Gasteiger partial charge is 0.177 e. The van der Waals surface area contributed by atoms with E-state index in [1.54, 1.807) is 6.20 Å². The lowest BCUT2D eigenvalue weighted by atomic mass is 10.3. The van der Waals surface area contributed by atoms with Crippen LogP contribution in [0.25, 0.3) is 11.2 Å². The van der Waals surface area contributed by atoms with Crippen LogP contribution in [0.5, 0.6) is 0 Å². The van der Waals surface area contributed by atoms with Crippen LogP contribution in [-0.2, 0) is 6.42 Å². The summed E-state index contributed by atoms with van der Waals surface area (Å²) >= 11 is 5.59. The standard InChI is InChI=1S/C9H10ClN3/c10-5-1-4-8-12-7-3-2-6-11-9(7)13-8/h2-3,6H,1,4-5H2,(H,11,12,13). The lowest BCUT2D eigenvalue weighted by Crippen LogP contribution is -1.88. The molecule has 2 heterocycles. The second kappa shape index (κ2) is 3.75. The number of imidazole rings is 1. The highest BCUT2D eigenvalue weighted by atomic mass is 35.5. The maximum atomic E-state index is 5.59.